The van der Waals surface area contributed by atoms with Crippen LogP contribution >= 0.6 is 34.5 Å². The third-order valence-corrected chi connectivity index (χ3v) is 5.15. The van der Waals surface area contributed by atoms with Gasteiger partial charge in [0, 0.05) is 4.88 Å². The van der Waals surface area contributed by atoms with Crippen molar-refractivity contribution in [2.45, 2.75) is 25.3 Å². The summed E-state index contributed by atoms with van der Waals surface area (Å²) in [5.41, 5.74) is 2.34. The lowest BCUT2D eigenvalue weighted by Gasteiger charge is -2.25. The minimum absolute atomic E-state index is 0.357. The second kappa shape index (κ2) is 5.12. The van der Waals surface area contributed by atoms with Gasteiger partial charge in [0.2, 0.25) is 0 Å². The number of aryl methyl sites for hydroxylation is 1. The minimum atomic E-state index is 0.357. The van der Waals surface area contributed by atoms with E-state index in [1.54, 1.807) is 0 Å². The molecule has 0 aliphatic heterocycles. The fourth-order valence-corrected chi connectivity index (χ4v) is 3.78. The third-order valence-electron chi connectivity index (χ3n) is 3.33. The molecule has 0 amide bonds. The fraction of sp³-hybridized carbons (Fsp3) is 0.286. The molecule has 1 aromatic carbocycles. The van der Waals surface area contributed by atoms with E-state index in [1.807, 2.05) is 29.5 Å². The summed E-state index contributed by atoms with van der Waals surface area (Å²) in [6.07, 6.45) is 3.57. The average Bonchev–Trinajstić information content (AvgIpc) is 2.84. The number of rotatable bonds is 2. The van der Waals surface area contributed by atoms with Crippen LogP contribution in [0.25, 0.3) is 0 Å². The molecule has 2 aromatic rings. The van der Waals surface area contributed by atoms with Gasteiger partial charge in [0.25, 0.3) is 0 Å². The van der Waals surface area contributed by atoms with Gasteiger partial charge in [0.15, 0.2) is 0 Å². The average molecular weight is 298 g/mol. The molecule has 1 heterocycles. The molecule has 0 fully saturated rings. The summed E-state index contributed by atoms with van der Waals surface area (Å²) in [6.45, 7) is 0. The van der Waals surface area contributed by atoms with Crippen LogP contribution in [0.2, 0.25) is 10.0 Å². The maximum Gasteiger partial charge on any atom is 0.0823 e. The van der Waals surface area contributed by atoms with Crippen LogP contribution < -0.4 is 5.32 Å². The SMILES string of the molecule is Clc1cccc(NC2CCCc3sccc32)c1Cl. The predicted octanol–water partition coefficient (Wildman–Crippen LogP) is 5.54. The lowest BCUT2D eigenvalue weighted by molar-refractivity contribution is 0.609. The van der Waals surface area contributed by atoms with Crippen LogP contribution in [-0.4, -0.2) is 0 Å². The lowest BCUT2D eigenvalue weighted by Crippen LogP contribution is -2.15. The van der Waals surface area contributed by atoms with E-state index in [-0.39, 0.29) is 0 Å². The largest absolute Gasteiger partial charge is 0.377 e. The number of fused-ring (bicyclic) bond motifs is 1. The number of halogens is 2. The Labute approximate surface area is 121 Å². The van der Waals surface area contributed by atoms with E-state index in [0.29, 0.717) is 16.1 Å². The van der Waals surface area contributed by atoms with Crippen LogP contribution in [-0.2, 0) is 6.42 Å². The van der Waals surface area contributed by atoms with Crippen LogP contribution in [0, 0.1) is 0 Å². The Bertz CT molecular complexity index is 565. The van der Waals surface area contributed by atoms with Crippen LogP contribution in [0.5, 0.6) is 0 Å². The number of benzene rings is 1. The Morgan fingerprint density at radius 2 is 2.11 bits per heavy atom. The van der Waals surface area contributed by atoms with E-state index in [1.165, 1.54) is 23.3 Å². The first-order chi connectivity index (χ1) is 8.75. The molecule has 18 heavy (non-hydrogen) atoms. The Morgan fingerprint density at radius 1 is 1.22 bits per heavy atom. The summed E-state index contributed by atoms with van der Waals surface area (Å²) in [5, 5.41) is 6.91. The summed E-state index contributed by atoms with van der Waals surface area (Å²) in [5.74, 6) is 0. The van der Waals surface area contributed by atoms with Gasteiger partial charge in [-0.2, -0.15) is 0 Å². The molecular formula is C14H13Cl2NS. The normalized spacial score (nSPS) is 18.4. The first kappa shape index (κ1) is 12.3. The molecule has 1 aliphatic rings. The molecule has 1 aromatic heterocycles. The van der Waals surface area contributed by atoms with Gasteiger partial charge in [-0.15, -0.1) is 11.3 Å². The second-order valence-corrected chi connectivity index (χ2v) is 6.28. The number of anilines is 1. The van der Waals surface area contributed by atoms with E-state index in [9.17, 15) is 0 Å². The smallest absolute Gasteiger partial charge is 0.0823 e. The van der Waals surface area contributed by atoms with Crippen molar-refractivity contribution >= 4 is 40.2 Å². The van der Waals surface area contributed by atoms with Crippen LogP contribution in [0.1, 0.15) is 29.3 Å². The first-order valence-electron chi connectivity index (χ1n) is 6.02. The molecule has 0 spiro atoms. The van der Waals surface area contributed by atoms with Crippen molar-refractivity contribution in [2.24, 2.45) is 0 Å². The van der Waals surface area contributed by atoms with E-state index >= 15 is 0 Å². The molecule has 1 atom stereocenters. The number of hydrogen-bond acceptors (Lipinski definition) is 2. The summed E-state index contributed by atoms with van der Waals surface area (Å²) in [6, 6.07) is 8.29. The van der Waals surface area contributed by atoms with Gasteiger partial charge in [0.1, 0.15) is 0 Å². The van der Waals surface area contributed by atoms with Crippen LogP contribution in [0.3, 0.4) is 0 Å². The molecule has 0 radical (unpaired) electrons. The number of hydrogen-bond donors (Lipinski definition) is 1. The summed E-state index contributed by atoms with van der Waals surface area (Å²) >= 11 is 14.1. The van der Waals surface area contributed by atoms with Crippen molar-refractivity contribution in [3.63, 3.8) is 0 Å². The molecule has 0 saturated carbocycles. The topological polar surface area (TPSA) is 12.0 Å². The molecule has 1 unspecified atom stereocenters. The predicted molar refractivity (Wildman–Crippen MR) is 80.1 cm³/mol. The highest BCUT2D eigenvalue weighted by Crippen LogP contribution is 2.38. The zero-order valence-corrected chi connectivity index (χ0v) is 12.1. The Kier molecular flexibility index (Phi) is 3.51. The van der Waals surface area contributed by atoms with Crippen molar-refractivity contribution in [3.8, 4) is 0 Å². The highest BCUT2D eigenvalue weighted by molar-refractivity contribution is 7.10. The second-order valence-electron chi connectivity index (χ2n) is 4.49. The number of thiophene rings is 1. The molecule has 0 saturated heterocycles. The highest BCUT2D eigenvalue weighted by atomic mass is 35.5. The first-order valence-corrected chi connectivity index (χ1v) is 7.66. The van der Waals surface area contributed by atoms with E-state index in [4.69, 9.17) is 23.2 Å². The molecule has 1 aliphatic carbocycles. The Morgan fingerprint density at radius 3 is 3.00 bits per heavy atom. The molecule has 3 rings (SSSR count). The van der Waals surface area contributed by atoms with Gasteiger partial charge in [-0.05, 0) is 48.4 Å². The van der Waals surface area contributed by atoms with Crippen molar-refractivity contribution in [2.75, 3.05) is 5.32 Å². The Hall–Kier alpha value is -0.700. The summed E-state index contributed by atoms with van der Waals surface area (Å²) in [4.78, 5) is 1.50. The highest BCUT2D eigenvalue weighted by Gasteiger charge is 2.21. The van der Waals surface area contributed by atoms with Gasteiger partial charge in [-0.1, -0.05) is 29.3 Å². The quantitative estimate of drug-likeness (QED) is 0.767. The van der Waals surface area contributed by atoms with E-state index in [0.717, 1.165) is 12.1 Å². The molecule has 1 nitrogen and oxygen atoms in total. The maximum atomic E-state index is 6.22. The summed E-state index contributed by atoms with van der Waals surface area (Å²) < 4.78 is 0. The lowest BCUT2D eigenvalue weighted by atomic mass is 9.94. The molecule has 94 valence electrons. The van der Waals surface area contributed by atoms with Gasteiger partial charge in [-0.3, -0.25) is 0 Å². The maximum absolute atomic E-state index is 6.22. The van der Waals surface area contributed by atoms with Crippen molar-refractivity contribution < 1.29 is 0 Å². The van der Waals surface area contributed by atoms with Gasteiger partial charge in [-0.25, -0.2) is 0 Å². The molecule has 0 bridgehead atoms. The van der Waals surface area contributed by atoms with Crippen LogP contribution in [0.15, 0.2) is 29.6 Å². The molecular weight excluding hydrogens is 285 g/mol. The third kappa shape index (κ3) is 2.25. The van der Waals surface area contributed by atoms with Gasteiger partial charge >= 0.3 is 0 Å². The fourth-order valence-electron chi connectivity index (χ4n) is 2.44. The zero-order valence-electron chi connectivity index (χ0n) is 9.75. The molecule has 1 N–H and O–H groups in total. The van der Waals surface area contributed by atoms with Gasteiger partial charge in [0.05, 0.1) is 21.8 Å². The van der Waals surface area contributed by atoms with Gasteiger partial charge < -0.3 is 5.32 Å². The van der Waals surface area contributed by atoms with Crippen molar-refractivity contribution in [1.82, 2.24) is 0 Å². The zero-order chi connectivity index (χ0) is 12.5. The standard InChI is InChI=1S/C14H13Cl2NS/c15-10-3-1-5-12(14(10)16)17-11-4-2-6-13-9(11)7-8-18-13/h1,3,5,7-8,11,17H,2,4,6H2. The Balaban J connectivity index is 1.88. The number of nitrogens with one attached hydrogen (secondary N) is 1. The minimum Gasteiger partial charge on any atom is -0.377 e. The molecule has 4 heteroatoms. The van der Waals surface area contributed by atoms with E-state index < -0.39 is 0 Å². The van der Waals surface area contributed by atoms with Crippen LogP contribution in [0.4, 0.5) is 5.69 Å². The van der Waals surface area contributed by atoms with Crippen molar-refractivity contribution in [1.29, 1.82) is 0 Å². The van der Waals surface area contributed by atoms with E-state index in [2.05, 4.69) is 16.8 Å². The van der Waals surface area contributed by atoms with Crippen molar-refractivity contribution in [3.05, 3.63) is 50.1 Å². The monoisotopic (exact) mass is 297 g/mol. The summed E-state index contributed by atoms with van der Waals surface area (Å²) in [7, 11) is 0.